The Labute approximate surface area is 108 Å². The van der Waals surface area contributed by atoms with Crippen molar-refractivity contribution in [3.05, 3.63) is 35.4 Å². The first-order chi connectivity index (χ1) is 8.56. The summed E-state index contributed by atoms with van der Waals surface area (Å²) >= 11 is 0. The van der Waals surface area contributed by atoms with Crippen LogP contribution in [0, 0.1) is 11.6 Å². The molecule has 1 aliphatic heterocycles. The second kappa shape index (κ2) is 5.89. The first-order valence-corrected chi connectivity index (χ1v) is 7.61. The highest BCUT2D eigenvalue weighted by atomic mass is 32.2. The maximum atomic E-state index is 13.6. The van der Waals surface area contributed by atoms with Gasteiger partial charge in [-0.3, -0.25) is 4.21 Å². The van der Waals surface area contributed by atoms with Gasteiger partial charge in [-0.1, -0.05) is 6.07 Å². The van der Waals surface area contributed by atoms with Crippen molar-refractivity contribution >= 4 is 10.8 Å². The van der Waals surface area contributed by atoms with Crippen molar-refractivity contribution in [2.75, 3.05) is 11.5 Å². The van der Waals surface area contributed by atoms with E-state index in [1.807, 2.05) is 6.92 Å². The predicted molar refractivity (Wildman–Crippen MR) is 68.8 cm³/mol. The van der Waals surface area contributed by atoms with Crippen molar-refractivity contribution in [2.24, 2.45) is 0 Å². The molecular formula is C13H17F2NOS. The van der Waals surface area contributed by atoms with E-state index in [-0.39, 0.29) is 12.1 Å². The van der Waals surface area contributed by atoms with Crippen molar-refractivity contribution < 1.29 is 13.0 Å². The van der Waals surface area contributed by atoms with Gasteiger partial charge in [0.2, 0.25) is 0 Å². The smallest absolute Gasteiger partial charge is 0.130 e. The molecule has 0 aromatic heterocycles. The van der Waals surface area contributed by atoms with E-state index in [2.05, 4.69) is 5.32 Å². The minimum absolute atomic E-state index is 0.165. The second-order valence-corrected chi connectivity index (χ2v) is 6.37. The summed E-state index contributed by atoms with van der Waals surface area (Å²) in [5, 5.41) is 3.32. The van der Waals surface area contributed by atoms with Gasteiger partial charge in [-0.05, 0) is 25.8 Å². The molecule has 0 amide bonds. The van der Waals surface area contributed by atoms with Gasteiger partial charge in [0.05, 0.1) is 0 Å². The molecule has 0 saturated carbocycles. The highest BCUT2D eigenvalue weighted by molar-refractivity contribution is 7.85. The summed E-state index contributed by atoms with van der Waals surface area (Å²) in [4.78, 5) is 0. The van der Waals surface area contributed by atoms with E-state index in [1.165, 1.54) is 12.1 Å². The van der Waals surface area contributed by atoms with Crippen LogP contribution in [0.2, 0.25) is 0 Å². The van der Waals surface area contributed by atoms with Crippen molar-refractivity contribution in [1.82, 2.24) is 5.32 Å². The molecule has 1 aromatic rings. The summed E-state index contributed by atoms with van der Waals surface area (Å²) in [6.07, 6.45) is 1.69. The van der Waals surface area contributed by atoms with Crippen LogP contribution in [-0.2, 0) is 10.8 Å². The molecule has 2 rings (SSSR count). The summed E-state index contributed by atoms with van der Waals surface area (Å²) in [5.41, 5.74) is 0.475. The highest BCUT2D eigenvalue weighted by Gasteiger charge is 2.21. The van der Waals surface area contributed by atoms with Gasteiger partial charge in [0.15, 0.2) is 0 Å². The van der Waals surface area contributed by atoms with E-state index in [1.54, 1.807) is 0 Å². The van der Waals surface area contributed by atoms with Gasteiger partial charge >= 0.3 is 0 Å². The zero-order chi connectivity index (χ0) is 13.1. The zero-order valence-corrected chi connectivity index (χ0v) is 11.1. The second-order valence-electron chi connectivity index (χ2n) is 4.68. The lowest BCUT2D eigenvalue weighted by molar-refractivity contribution is 0.416. The summed E-state index contributed by atoms with van der Waals surface area (Å²) in [6.45, 7) is 1.86. The molecule has 1 heterocycles. The standard InChI is InChI=1S/C13H17F2NOS/c1-9(12-3-2-10(14)8-13(12)15)16-11-4-6-18(17)7-5-11/h2-3,8-9,11,16H,4-7H2,1H3. The number of hydrogen-bond donors (Lipinski definition) is 1. The SMILES string of the molecule is CC(NC1CCS(=O)CC1)c1ccc(F)cc1F. The van der Waals surface area contributed by atoms with Crippen LogP contribution in [0.15, 0.2) is 18.2 Å². The van der Waals surface area contributed by atoms with E-state index < -0.39 is 22.4 Å². The van der Waals surface area contributed by atoms with E-state index in [4.69, 9.17) is 0 Å². The van der Waals surface area contributed by atoms with Gasteiger partial charge in [0.25, 0.3) is 0 Å². The van der Waals surface area contributed by atoms with E-state index in [9.17, 15) is 13.0 Å². The molecule has 5 heteroatoms. The quantitative estimate of drug-likeness (QED) is 0.917. The lowest BCUT2D eigenvalue weighted by atomic mass is 10.0. The molecule has 1 N–H and O–H groups in total. The Morgan fingerprint density at radius 1 is 1.33 bits per heavy atom. The van der Waals surface area contributed by atoms with E-state index in [0.717, 1.165) is 18.9 Å². The topological polar surface area (TPSA) is 29.1 Å². The normalized spacial score (nSPS) is 25.9. The molecule has 1 aliphatic rings. The third-order valence-corrected chi connectivity index (χ3v) is 4.68. The summed E-state index contributed by atoms with van der Waals surface area (Å²) in [7, 11) is -0.691. The predicted octanol–water partition coefficient (Wildman–Crippen LogP) is 2.53. The van der Waals surface area contributed by atoms with Crippen LogP contribution in [0.4, 0.5) is 8.78 Å². The Bertz CT molecular complexity index is 443. The van der Waals surface area contributed by atoms with Crippen molar-refractivity contribution in [3.8, 4) is 0 Å². The average molecular weight is 273 g/mol. The first-order valence-electron chi connectivity index (χ1n) is 6.12. The monoisotopic (exact) mass is 273 g/mol. The van der Waals surface area contributed by atoms with Crippen LogP contribution in [-0.4, -0.2) is 21.8 Å². The Balaban J connectivity index is 1.98. The van der Waals surface area contributed by atoms with Gasteiger partial charge < -0.3 is 5.32 Å². The van der Waals surface area contributed by atoms with Gasteiger partial charge in [-0.15, -0.1) is 0 Å². The first kappa shape index (κ1) is 13.6. The Morgan fingerprint density at radius 3 is 2.61 bits per heavy atom. The molecule has 1 unspecified atom stereocenters. The van der Waals surface area contributed by atoms with Gasteiger partial charge in [0.1, 0.15) is 11.6 Å². The lowest BCUT2D eigenvalue weighted by Crippen LogP contribution is -2.37. The van der Waals surface area contributed by atoms with Gasteiger partial charge in [-0.2, -0.15) is 0 Å². The molecule has 0 radical (unpaired) electrons. The molecule has 1 aromatic carbocycles. The number of rotatable bonds is 3. The molecule has 1 atom stereocenters. The Kier molecular flexibility index (Phi) is 4.45. The molecule has 1 saturated heterocycles. The molecule has 100 valence electrons. The number of nitrogens with one attached hydrogen (secondary N) is 1. The molecule has 0 bridgehead atoms. The van der Waals surface area contributed by atoms with Crippen LogP contribution < -0.4 is 5.32 Å². The third-order valence-electron chi connectivity index (χ3n) is 3.30. The largest absolute Gasteiger partial charge is 0.307 e. The minimum Gasteiger partial charge on any atom is -0.307 e. The zero-order valence-electron chi connectivity index (χ0n) is 10.3. The fraction of sp³-hybridized carbons (Fsp3) is 0.538. The van der Waals surface area contributed by atoms with Crippen LogP contribution in [0.1, 0.15) is 31.4 Å². The fourth-order valence-electron chi connectivity index (χ4n) is 2.26. The molecule has 0 aliphatic carbocycles. The number of benzene rings is 1. The molecule has 0 spiro atoms. The van der Waals surface area contributed by atoms with Crippen molar-refractivity contribution in [1.29, 1.82) is 0 Å². The van der Waals surface area contributed by atoms with E-state index >= 15 is 0 Å². The van der Waals surface area contributed by atoms with Gasteiger partial charge in [-0.25, -0.2) is 8.78 Å². The lowest BCUT2D eigenvalue weighted by Gasteiger charge is -2.26. The molecule has 1 fully saturated rings. The Morgan fingerprint density at radius 2 is 2.00 bits per heavy atom. The molecule has 18 heavy (non-hydrogen) atoms. The summed E-state index contributed by atoms with van der Waals surface area (Å²) in [5.74, 6) is 0.331. The number of hydrogen-bond acceptors (Lipinski definition) is 2. The molecule has 2 nitrogen and oxygen atoms in total. The highest BCUT2D eigenvalue weighted by Crippen LogP contribution is 2.20. The fourth-order valence-corrected chi connectivity index (χ4v) is 3.56. The average Bonchev–Trinajstić information content (AvgIpc) is 2.32. The third kappa shape index (κ3) is 3.36. The van der Waals surface area contributed by atoms with Crippen molar-refractivity contribution in [2.45, 2.75) is 31.8 Å². The minimum atomic E-state index is -0.691. The van der Waals surface area contributed by atoms with E-state index in [0.29, 0.717) is 17.1 Å². The van der Waals surface area contributed by atoms with Crippen LogP contribution in [0.5, 0.6) is 0 Å². The van der Waals surface area contributed by atoms with Gasteiger partial charge in [0, 0.05) is 46.0 Å². The van der Waals surface area contributed by atoms with Crippen LogP contribution in [0.3, 0.4) is 0 Å². The summed E-state index contributed by atoms with van der Waals surface area (Å²) in [6, 6.07) is 3.75. The van der Waals surface area contributed by atoms with Crippen LogP contribution in [0.25, 0.3) is 0 Å². The summed E-state index contributed by atoms with van der Waals surface area (Å²) < 4.78 is 37.6. The molecular weight excluding hydrogens is 256 g/mol. The van der Waals surface area contributed by atoms with Crippen LogP contribution >= 0.6 is 0 Å². The number of halogens is 2. The maximum Gasteiger partial charge on any atom is 0.130 e. The maximum absolute atomic E-state index is 13.6. The van der Waals surface area contributed by atoms with Crippen molar-refractivity contribution in [3.63, 3.8) is 0 Å². The Hall–Kier alpha value is -0.810.